The van der Waals surface area contributed by atoms with Crippen molar-refractivity contribution in [2.45, 2.75) is 0 Å². The van der Waals surface area contributed by atoms with Crippen molar-refractivity contribution in [3.05, 3.63) is 20.8 Å². The Morgan fingerprint density at radius 1 is 1.64 bits per heavy atom. The summed E-state index contributed by atoms with van der Waals surface area (Å²) in [6, 6.07) is 3.61. The van der Waals surface area contributed by atoms with Crippen molar-refractivity contribution >= 4 is 33.0 Å². The van der Waals surface area contributed by atoms with Crippen molar-refractivity contribution in [2.75, 3.05) is 6.61 Å². The van der Waals surface area contributed by atoms with Crippen LogP contribution < -0.4 is 0 Å². The highest BCUT2D eigenvalue weighted by atomic mass is 79.9. The van der Waals surface area contributed by atoms with Gasteiger partial charge in [-0.3, -0.25) is 0 Å². The van der Waals surface area contributed by atoms with Gasteiger partial charge in [-0.25, -0.2) is 0 Å². The standard InChI is InChI=1S/C6H6BrNO2S/c7-6-2-1-5(11-6)4(3-9)8-10/h1-2,9-10H,3H2/b8-4+. The van der Waals surface area contributed by atoms with E-state index >= 15 is 0 Å². The Morgan fingerprint density at radius 3 is 2.73 bits per heavy atom. The Labute approximate surface area is 76.1 Å². The molecule has 1 rings (SSSR count). The largest absolute Gasteiger partial charge is 0.411 e. The van der Waals surface area contributed by atoms with E-state index in [9.17, 15) is 0 Å². The van der Waals surface area contributed by atoms with Crippen LogP contribution in [0.25, 0.3) is 0 Å². The van der Waals surface area contributed by atoms with Crippen LogP contribution >= 0.6 is 27.3 Å². The second-order valence-electron chi connectivity index (χ2n) is 1.81. The van der Waals surface area contributed by atoms with Gasteiger partial charge in [0.05, 0.1) is 15.3 Å². The molecule has 0 amide bonds. The molecule has 0 saturated heterocycles. The molecule has 1 aromatic rings. The maximum atomic E-state index is 8.69. The molecule has 0 bridgehead atoms. The summed E-state index contributed by atoms with van der Waals surface area (Å²) in [6.45, 7) is -0.247. The number of oxime groups is 1. The smallest absolute Gasteiger partial charge is 0.122 e. The summed E-state index contributed by atoms with van der Waals surface area (Å²) in [6.07, 6.45) is 0. The molecule has 0 radical (unpaired) electrons. The van der Waals surface area contributed by atoms with Gasteiger partial charge in [0.2, 0.25) is 0 Å². The van der Waals surface area contributed by atoms with E-state index in [1.54, 1.807) is 6.07 Å². The fourth-order valence-corrected chi connectivity index (χ4v) is 1.99. The zero-order chi connectivity index (χ0) is 8.27. The van der Waals surface area contributed by atoms with Crippen LogP contribution in [0.1, 0.15) is 4.88 Å². The van der Waals surface area contributed by atoms with Crippen LogP contribution in [0, 0.1) is 0 Å². The minimum Gasteiger partial charge on any atom is -0.411 e. The number of aliphatic hydroxyl groups excluding tert-OH is 1. The van der Waals surface area contributed by atoms with Crippen LogP contribution in [0.2, 0.25) is 0 Å². The molecule has 0 aliphatic carbocycles. The van der Waals surface area contributed by atoms with Crippen LogP contribution in [0.5, 0.6) is 0 Å². The first-order valence-electron chi connectivity index (χ1n) is 2.85. The highest BCUT2D eigenvalue weighted by Crippen LogP contribution is 2.22. The van der Waals surface area contributed by atoms with Crippen molar-refractivity contribution < 1.29 is 10.3 Å². The van der Waals surface area contributed by atoms with Gasteiger partial charge in [0, 0.05) is 0 Å². The minimum absolute atomic E-state index is 0.247. The molecule has 0 unspecified atom stereocenters. The Balaban J connectivity index is 2.91. The van der Waals surface area contributed by atoms with E-state index in [0.29, 0.717) is 5.71 Å². The van der Waals surface area contributed by atoms with Crippen LogP contribution in [0.4, 0.5) is 0 Å². The molecule has 1 aromatic heterocycles. The van der Waals surface area contributed by atoms with Gasteiger partial charge in [-0.15, -0.1) is 11.3 Å². The lowest BCUT2D eigenvalue weighted by Crippen LogP contribution is -2.03. The van der Waals surface area contributed by atoms with Crippen LogP contribution in [-0.2, 0) is 0 Å². The summed E-state index contributed by atoms with van der Waals surface area (Å²) in [4.78, 5) is 0.766. The zero-order valence-electron chi connectivity index (χ0n) is 5.49. The summed E-state index contributed by atoms with van der Waals surface area (Å²) in [5, 5.41) is 20.0. The number of thiophene rings is 1. The first-order valence-corrected chi connectivity index (χ1v) is 4.46. The van der Waals surface area contributed by atoms with Crippen molar-refractivity contribution in [3.63, 3.8) is 0 Å². The van der Waals surface area contributed by atoms with Gasteiger partial charge in [0.25, 0.3) is 0 Å². The van der Waals surface area contributed by atoms with Gasteiger partial charge < -0.3 is 10.3 Å². The van der Waals surface area contributed by atoms with Crippen LogP contribution in [0.3, 0.4) is 0 Å². The average molecular weight is 236 g/mol. The Morgan fingerprint density at radius 2 is 2.36 bits per heavy atom. The lowest BCUT2D eigenvalue weighted by Gasteiger charge is -1.92. The topological polar surface area (TPSA) is 52.8 Å². The number of nitrogens with zero attached hydrogens (tertiary/aromatic N) is 1. The van der Waals surface area contributed by atoms with Crippen molar-refractivity contribution in [1.29, 1.82) is 0 Å². The quantitative estimate of drug-likeness (QED) is 0.466. The third-order valence-corrected chi connectivity index (χ3v) is 2.80. The molecule has 2 N–H and O–H groups in total. The molecule has 0 aliphatic heterocycles. The predicted molar refractivity (Wildman–Crippen MR) is 47.4 cm³/mol. The second-order valence-corrected chi connectivity index (χ2v) is 4.27. The Kier molecular flexibility index (Phi) is 3.04. The first-order chi connectivity index (χ1) is 5.27. The molecule has 0 spiro atoms. The van der Waals surface area contributed by atoms with E-state index in [4.69, 9.17) is 10.3 Å². The summed E-state index contributed by atoms with van der Waals surface area (Å²) >= 11 is 4.67. The SMILES string of the molecule is OC/C(=N\O)c1ccc(Br)s1. The van der Waals surface area contributed by atoms with Gasteiger partial charge in [-0.1, -0.05) is 5.16 Å². The van der Waals surface area contributed by atoms with E-state index in [1.807, 2.05) is 6.07 Å². The highest BCUT2D eigenvalue weighted by Gasteiger charge is 2.04. The third-order valence-electron chi connectivity index (χ3n) is 1.13. The van der Waals surface area contributed by atoms with Gasteiger partial charge in [-0.05, 0) is 28.1 Å². The first kappa shape index (κ1) is 8.70. The van der Waals surface area contributed by atoms with Gasteiger partial charge in [0.1, 0.15) is 5.71 Å². The molecule has 0 saturated carbocycles. The Bertz CT molecular complexity index is 271. The molecular weight excluding hydrogens is 230 g/mol. The monoisotopic (exact) mass is 235 g/mol. The minimum atomic E-state index is -0.247. The van der Waals surface area contributed by atoms with Crippen molar-refractivity contribution in [3.8, 4) is 0 Å². The van der Waals surface area contributed by atoms with Crippen molar-refractivity contribution in [2.24, 2.45) is 5.16 Å². The molecular formula is C6H6BrNO2S. The molecule has 0 fully saturated rings. The van der Waals surface area contributed by atoms with Crippen LogP contribution in [-0.4, -0.2) is 22.6 Å². The molecule has 3 nitrogen and oxygen atoms in total. The number of hydrogen-bond acceptors (Lipinski definition) is 4. The normalized spacial score (nSPS) is 12.0. The molecule has 1 heterocycles. The predicted octanol–water partition coefficient (Wildman–Crippen LogP) is 1.68. The van der Waals surface area contributed by atoms with Crippen molar-refractivity contribution in [1.82, 2.24) is 0 Å². The van der Waals surface area contributed by atoms with Gasteiger partial charge in [0.15, 0.2) is 0 Å². The third kappa shape index (κ3) is 2.02. The van der Waals surface area contributed by atoms with E-state index in [0.717, 1.165) is 8.66 Å². The van der Waals surface area contributed by atoms with E-state index < -0.39 is 0 Å². The molecule has 0 aromatic carbocycles. The van der Waals surface area contributed by atoms with Gasteiger partial charge >= 0.3 is 0 Å². The zero-order valence-corrected chi connectivity index (χ0v) is 7.89. The Hall–Kier alpha value is -0.390. The van der Waals surface area contributed by atoms with Gasteiger partial charge in [-0.2, -0.15) is 0 Å². The molecule has 60 valence electrons. The summed E-state index contributed by atoms with van der Waals surface area (Å²) < 4.78 is 0.946. The summed E-state index contributed by atoms with van der Waals surface area (Å²) in [5.74, 6) is 0. The van der Waals surface area contributed by atoms with E-state index in [-0.39, 0.29) is 6.61 Å². The molecule has 11 heavy (non-hydrogen) atoms. The van der Waals surface area contributed by atoms with E-state index in [2.05, 4.69) is 21.1 Å². The number of aliphatic hydroxyl groups is 1. The number of hydrogen-bond donors (Lipinski definition) is 2. The molecule has 0 aliphatic rings. The summed E-state index contributed by atoms with van der Waals surface area (Å²) in [7, 11) is 0. The van der Waals surface area contributed by atoms with Crippen LogP contribution in [0.15, 0.2) is 21.1 Å². The number of rotatable bonds is 2. The summed E-state index contributed by atoms with van der Waals surface area (Å²) in [5.41, 5.74) is 0.292. The second kappa shape index (κ2) is 3.85. The maximum absolute atomic E-state index is 8.69. The van der Waals surface area contributed by atoms with E-state index in [1.165, 1.54) is 11.3 Å². The highest BCUT2D eigenvalue weighted by molar-refractivity contribution is 9.11. The number of halogens is 1. The fraction of sp³-hybridized carbons (Fsp3) is 0.167. The lowest BCUT2D eigenvalue weighted by atomic mass is 10.3. The molecule has 0 atom stereocenters. The fourth-order valence-electron chi connectivity index (χ4n) is 0.628. The maximum Gasteiger partial charge on any atom is 0.122 e. The lowest BCUT2D eigenvalue weighted by molar-refractivity contribution is 0.304. The molecule has 5 heteroatoms. The average Bonchev–Trinajstić information content (AvgIpc) is 2.39.